The summed E-state index contributed by atoms with van der Waals surface area (Å²) >= 11 is 0. The lowest BCUT2D eigenvalue weighted by molar-refractivity contribution is 0.0908. The fourth-order valence-electron chi connectivity index (χ4n) is 1.09. The maximum Gasteiger partial charge on any atom is 0.231 e. The third-order valence-corrected chi connectivity index (χ3v) is 3.51. The second-order valence-corrected chi connectivity index (χ2v) is 6.26. The van der Waals surface area contributed by atoms with E-state index in [2.05, 4.69) is 0 Å². The van der Waals surface area contributed by atoms with E-state index in [0.717, 1.165) is 10.6 Å². The van der Waals surface area contributed by atoms with E-state index in [1.54, 1.807) is 6.08 Å². The molecule has 0 aromatic heterocycles. The average molecular weight is 235 g/mol. The molecule has 0 radical (unpaired) electrons. The summed E-state index contributed by atoms with van der Waals surface area (Å²) in [6.45, 7) is 5.71. The molecule has 0 saturated heterocycles. The first-order valence-corrected chi connectivity index (χ1v) is 6.80. The molecule has 2 atom stereocenters. The van der Waals surface area contributed by atoms with Gasteiger partial charge >= 0.3 is 0 Å². The first-order valence-electron chi connectivity index (χ1n) is 4.95. The SMILES string of the molecule is CC(C)[C@@H](O)[C@@H](C)/C=C\N(C)S(C)(=O)=O. The van der Waals surface area contributed by atoms with Crippen molar-refractivity contribution in [2.75, 3.05) is 13.3 Å². The number of sulfonamides is 1. The molecule has 1 N–H and O–H groups in total. The van der Waals surface area contributed by atoms with Gasteiger partial charge in [0.25, 0.3) is 0 Å². The number of hydrogen-bond donors (Lipinski definition) is 1. The zero-order valence-corrected chi connectivity index (χ0v) is 10.8. The van der Waals surface area contributed by atoms with Gasteiger partial charge in [0.2, 0.25) is 10.0 Å². The Labute approximate surface area is 92.6 Å². The van der Waals surface area contributed by atoms with Crippen LogP contribution in [0.15, 0.2) is 12.3 Å². The number of aliphatic hydroxyl groups excluding tert-OH is 1. The molecule has 0 aromatic rings. The molecule has 15 heavy (non-hydrogen) atoms. The van der Waals surface area contributed by atoms with Gasteiger partial charge in [0.15, 0.2) is 0 Å². The van der Waals surface area contributed by atoms with Gasteiger partial charge < -0.3 is 5.11 Å². The highest BCUT2D eigenvalue weighted by molar-refractivity contribution is 7.88. The van der Waals surface area contributed by atoms with Crippen LogP contribution in [0, 0.1) is 11.8 Å². The highest BCUT2D eigenvalue weighted by Crippen LogP contribution is 2.13. The van der Waals surface area contributed by atoms with E-state index < -0.39 is 16.1 Å². The molecule has 90 valence electrons. The van der Waals surface area contributed by atoms with Crippen LogP contribution >= 0.6 is 0 Å². The molecule has 0 saturated carbocycles. The van der Waals surface area contributed by atoms with E-state index >= 15 is 0 Å². The van der Waals surface area contributed by atoms with Crippen LogP contribution in [0.3, 0.4) is 0 Å². The van der Waals surface area contributed by atoms with E-state index in [4.69, 9.17) is 0 Å². The molecular formula is C10H21NO3S. The maximum absolute atomic E-state index is 11.1. The van der Waals surface area contributed by atoms with Gasteiger partial charge in [-0.15, -0.1) is 0 Å². The molecule has 0 aromatic carbocycles. The van der Waals surface area contributed by atoms with Crippen LogP contribution in [0.2, 0.25) is 0 Å². The van der Waals surface area contributed by atoms with Crippen molar-refractivity contribution in [2.45, 2.75) is 26.9 Å². The highest BCUT2D eigenvalue weighted by atomic mass is 32.2. The standard InChI is InChI=1S/C10H21NO3S/c1-8(2)10(12)9(3)6-7-11(4)15(5,13)14/h6-10,12H,1-5H3/b7-6-/t9-,10+/m0/s1. The van der Waals surface area contributed by atoms with Crippen LogP contribution in [0.1, 0.15) is 20.8 Å². The summed E-state index contributed by atoms with van der Waals surface area (Å²) in [7, 11) is -1.71. The maximum atomic E-state index is 11.1. The zero-order chi connectivity index (χ0) is 12.2. The summed E-state index contributed by atoms with van der Waals surface area (Å²) in [5.74, 6) is 0.0994. The van der Waals surface area contributed by atoms with Crippen molar-refractivity contribution in [3.63, 3.8) is 0 Å². The Balaban J connectivity index is 4.42. The van der Waals surface area contributed by atoms with Gasteiger partial charge in [0.1, 0.15) is 0 Å². The van der Waals surface area contributed by atoms with Crippen LogP contribution in [-0.2, 0) is 10.0 Å². The molecule has 0 spiro atoms. The van der Waals surface area contributed by atoms with Crippen LogP contribution in [0.5, 0.6) is 0 Å². The molecule has 0 aliphatic heterocycles. The minimum absolute atomic E-state index is 0.0609. The second-order valence-electron chi connectivity index (χ2n) is 4.21. The fraction of sp³-hybridized carbons (Fsp3) is 0.800. The summed E-state index contributed by atoms with van der Waals surface area (Å²) in [5, 5.41) is 9.69. The minimum Gasteiger partial charge on any atom is -0.392 e. The minimum atomic E-state index is -3.18. The number of aliphatic hydroxyl groups is 1. The van der Waals surface area contributed by atoms with Crippen molar-refractivity contribution in [1.29, 1.82) is 0 Å². The van der Waals surface area contributed by atoms with Crippen molar-refractivity contribution in [2.24, 2.45) is 11.8 Å². The largest absolute Gasteiger partial charge is 0.392 e. The molecule has 0 bridgehead atoms. The molecule has 4 nitrogen and oxygen atoms in total. The molecule has 0 fully saturated rings. The predicted molar refractivity (Wildman–Crippen MR) is 61.8 cm³/mol. The van der Waals surface area contributed by atoms with Gasteiger partial charge in [0.05, 0.1) is 12.4 Å². The van der Waals surface area contributed by atoms with Crippen molar-refractivity contribution in [1.82, 2.24) is 4.31 Å². The third kappa shape index (κ3) is 5.18. The summed E-state index contributed by atoms with van der Waals surface area (Å²) in [6.07, 6.45) is 3.87. The van der Waals surface area contributed by atoms with Gasteiger partial charge in [0, 0.05) is 19.2 Å². The van der Waals surface area contributed by atoms with Gasteiger partial charge in [-0.1, -0.05) is 26.8 Å². The lowest BCUT2D eigenvalue weighted by atomic mass is 9.95. The smallest absolute Gasteiger partial charge is 0.231 e. The lowest BCUT2D eigenvalue weighted by Crippen LogP contribution is -2.24. The predicted octanol–water partition coefficient (Wildman–Crippen LogP) is 1.04. The monoisotopic (exact) mass is 235 g/mol. The summed E-state index contributed by atoms with van der Waals surface area (Å²) in [5.41, 5.74) is 0. The Morgan fingerprint density at radius 2 is 1.73 bits per heavy atom. The van der Waals surface area contributed by atoms with Crippen molar-refractivity contribution < 1.29 is 13.5 Å². The molecule has 0 amide bonds. The quantitative estimate of drug-likeness (QED) is 0.774. The van der Waals surface area contributed by atoms with Gasteiger partial charge in [-0.3, -0.25) is 4.31 Å². The number of hydrogen-bond acceptors (Lipinski definition) is 3. The van der Waals surface area contributed by atoms with Crippen LogP contribution < -0.4 is 0 Å². The Morgan fingerprint density at radius 3 is 2.07 bits per heavy atom. The summed E-state index contributed by atoms with van der Waals surface area (Å²) < 4.78 is 23.3. The molecule has 0 aliphatic rings. The average Bonchev–Trinajstić information content (AvgIpc) is 2.10. The van der Waals surface area contributed by atoms with E-state index in [1.165, 1.54) is 13.2 Å². The highest BCUT2D eigenvalue weighted by Gasteiger charge is 2.15. The number of nitrogens with zero attached hydrogens (tertiary/aromatic N) is 1. The van der Waals surface area contributed by atoms with E-state index in [-0.39, 0.29) is 11.8 Å². The van der Waals surface area contributed by atoms with Gasteiger partial charge in [-0.25, -0.2) is 8.42 Å². The Bertz CT molecular complexity index is 309. The molecular weight excluding hydrogens is 214 g/mol. The first kappa shape index (κ1) is 14.5. The summed E-state index contributed by atoms with van der Waals surface area (Å²) in [4.78, 5) is 0. The molecule has 5 heteroatoms. The fourth-order valence-corrected chi connectivity index (χ4v) is 1.38. The molecule has 0 rings (SSSR count). The lowest BCUT2D eigenvalue weighted by Gasteiger charge is -2.20. The van der Waals surface area contributed by atoms with Crippen molar-refractivity contribution in [3.05, 3.63) is 12.3 Å². The van der Waals surface area contributed by atoms with E-state index in [0.29, 0.717) is 0 Å². The number of rotatable bonds is 5. The van der Waals surface area contributed by atoms with E-state index in [1.807, 2.05) is 20.8 Å². The van der Waals surface area contributed by atoms with Crippen molar-refractivity contribution >= 4 is 10.0 Å². The van der Waals surface area contributed by atoms with Crippen LogP contribution in [0.4, 0.5) is 0 Å². The zero-order valence-electron chi connectivity index (χ0n) is 10.0. The van der Waals surface area contributed by atoms with E-state index in [9.17, 15) is 13.5 Å². The van der Waals surface area contributed by atoms with Crippen LogP contribution in [-0.4, -0.2) is 37.2 Å². The third-order valence-electron chi connectivity index (χ3n) is 2.34. The Morgan fingerprint density at radius 1 is 1.27 bits per heavy atom. The van der Waals surface area contributed by atoms with Crippen LogP contribution in [0.25, 0.3) is 0 Å². The van der Waals surface area contributed by atoms with Crippen molar-refractivity contribution in [3.8, 4) is 0 Å². The Hall–Kier alpha value is -0.550. The topological polar surface area (TPSA) is 57.6 Å². The second kappa shape index (κ2) is 5.51. The molecule has 0 unspecified atom stereocenters. The summed E-state index contributed by atoms with van der Waals surface area (Å²) in [6, 6.07) is 0. The first-order chi connectivity index (χ1) is 6.66. The molecule has 0 heterocycles. The van der Waals surface area contributed by atoms with Gasteiger partial charge in [-0.2, -0.15) is 0 Å². The molecule has 0 aliphatic carbocycles. The normalized spacial score (nSPS) is 17.0. The Kier molecular flexibility index (Phi) is 5.31. The van der Waals surface area contributed by atoms with Gasteiger partial charge in [-0.05, 0) is 5.92 Å².